The van der Waals surface area contributed by atoms with Gasteiger partial charge in [0.05, 0.1) is 13.1 Å². The number of benzene rings is 2. The van der Waals surface area contributed by atoms with Gasteiger partial charge in [-0.1, -0.05) is 61.4 Å². The van der Waals surface area contributed by atoms with Gasteiger partial charge < -0.3 is 25.2 Å². The molecule has 1 aliphatic heterocycles. The van der Waals surface area contributed by atoms with E-state index in [0.717, 1.165) is 35.1 Å². The van der Waals surface area contributed by atoms with E-state index in [0.29, 0.717) is 12.3 Å². The van der Waals surface area contributed by atoms with Crippen LogP contribution in [0.3, 0.4) is 0 Å². The van der Waals surface area contributed by atoms with Crippen molar-refractivity contribution in [3.8, 4) is 11.1 Å². The third-order valence-electron chi connectivity index (χ3n) is 6.81. The molecule has 8 nitrogen and oxygen atoms in total. The first kappa shape index (κ1) is 21.5. The smallest absolute Gasteiger partial charge is 0.407 e. The van der Waals surface area contributed by atoms with Crippen molar-refractivity contribution >= 4 is 18.0 Å². The van der Waals surface area contributed by atoms with Gasteiger partial charge >= 0.3 is 12.1 Å². The van der Waals surface area contributed by atoms with Crippen molar-refractivity contribution in [1.29, 1.82) is 0 Å². The number of amides is 2. The van der Waals surface area contributed by atoms with Crippen LogP contribution in [-0.2, 0) is 14.3 Å². The Bertz CT molecular complexity index is 1060. The fourth-order valence-electron chi connectivity index (χ4n) is 4.79. The molecule has 8 heteroatoms. The Morgan fingerprint density at radius 3 is 2.15 bits per heavy atom. The topological polar surface area (TPSA) is 116 Å². The Labute approximate surface area is 191 Å². The molecule has 5 rings (SSSR count). The summed E-state index contributed by atoms with van der Waals surface area (Å²) in [6, 6.07) is 15.3. The highest BCUT2D eigenvalue weighted by Gasteiger charge is 2.51. The first-order valence-corrected chi connectivity index (χ1v) is 11.2. The number of alkyl carbamates (subject to hydrolysis) is 1. The quantitative estimate of drug-likeness (QED) is 0.596. The Morgan fingerprint density at radius 2 is 1.61 bits per heavy atom. The number of hydrogen-bond acceptors (Lipinski definition) is 5. The lowest BCUT2D eigenvalue weighted by Crippen LogP contribution is -2.69. The van der Waals surface area contributed by atoms with E-state index in [9.17, 15) is 19.5 Å². The van der Waals surface area contributed by atoms with E-state index in [1.54, 1.807) is 0 Å². The lowest BCUT2D eigenvalue weighted by atomic mass is 9.93. The number of aliphatic hydroxyl groups is 1. The fourth-order valence-corrected chi connectivity index (χ4v) is 4.79. The molecular formula is C25H26N2O6. The van der Waals surface area contributed by atoms with Crippen molar-refractivity contribution in [1.82, 2.24) is 10.2 Å². The number of carboxylic acids is 1. The molecule has 2 amide bonds. The zero-order valence-corrected chi connectivity index (χ0v) is 18.1. The predicted octanol–water partition coefficient (Wildman–Crippen LogP) is 2.35. The normalized spacial score (nSPS) is 19.1. The summed E-state index contributed by atoms with van der Waals surface area (Å²) in [4.78, 5) is 37.9. The van der Waals surface area contributed by atoms with Crippen LogP contribution in [0.15, 0.2) is 48.5 Å². The third kappa shape index (κ3) is 4.06. The number of rotatable bonds is 7. The van der Waals surface area contributed by atoms with Gasteiger partial charge in [0.1, 0.15) is 12.6 Å². The van der Waals surface area contributed by atoms with Crippen molar-refractivity contribution in [2.45, 2.75) is 36.8 Å². The highest BCUT2D eigenvalue weighted by atomic mass is 16.5. The molecule has 3 N–H and O–H groups in total. The first-order chi connectivity index (χ1) is 15.9. The number of ether oxygens (including phenoxy) is 1. The Balaban J connectivity index is 1.23. The lowest BCUT2D eigenvalue weighted by molar-refractivity contribution is -0.182. The maximum absolute atomic E-state index is 12.9. The van der Waals surface area contributed by atoms with Crippen LogP contribution in [0, 0.1) is 5.92 Å². The minimum Gasteiger partial charge on any atom is -0.479 e. The van der Waals surface area contributed by atoms with Crippen molar-refractivity contribution in [3.05, 3.63) is 59.7 Å². The van der Waals surface area contributed by atoms with Crippen LogP contribution in [0.1, 0.15) is 36.3 Å². The van der Waals surface area contributed by atoms with Gasteiger partial charge in [0.15, 0.2) is 5.60 Å². The summed E-state index contributed by atoms with van der Waals surface area (Å²) in [5.41, 5.74) is 2.56. The van der Waals surface area contributed by atoms with Gasteiger partial charge in [-0.25, -0.2) is 9.59 Å². The average molecular weight is 450 g/mol. The van der Waals surface area contributed by atoms with Crippen LogP contribution < -0.4 is 5.32 Å². The number of hydrogen-bond donors (Lipinski definition) is 3. The van der Waals surface area contributed by atoms with Crippen molar-refractivity contribution < 1.29 is 29.3 Å². The minimum atomic E-state index is -1.91. The van der Waals surface area contributed by atoms with Crippen LogP contribution in [0.2, 0.25) is 0 Å². The molecule has 172 valence electrons. The van der Waals surface area contributed by atoms with E-state index in [1.165, 1.54) is 4.90 Å². The standard InChI is InChI=1S/C25H26N2O6/c28-22(27-13-25(32,14-27)23(29)30)21(11-15-9-10-15)26-24(31)33-12-20-18-7-3-1-5-16(18)17-6-2-4-8-19(17)20/h1-8,15,20-21,32H,9-14H2,(H,26,31)(H,29,30). The zero-order valence-electron chi connectivity index (χ0n) is 18.1. The second-order valence-corrected chi connectivity index (χ2v) is 9.23. The fraction of sp³-hybridized carbons (Fsp3) is 0.400. The SMILES string of the molecule is O=C(NC(CC1CC1)C(=O)N1CC(O)(C(=O)O)C1)OCC1c2ccccc2-c2ccccc21. The molecule has 2 fully saturated rings. The maximum atomic E-state index is 12.9. The number of fused-ring (bicyclic) bond motifs is 3. The highest BCUT2D eigenvalue weighted by molar-refractivity contribution is 5.90. The van der Waals surface area contributed by atoms with Crippen molar-refractivity contribution in [3.63, 3.8) is 0 Å². The molecule has 0 bridgehead atoms. The largest absolute Gasteiger partial charge is 0.479 e. The second kappa shape index (κ2) is 8.19. The summed E-state index contributed by atoms with van der Waals surface area (Å²) in [6.07, 6.45) is 1.79. The van der Waals surface area contributed by atoms with E-state index in [2.05, 4.69) is 17.4 Å². The van der Waals surface area contributed by atoms with Crippen LogP contribution in [0.5, 0.6) is 0 Å². The zero-order chi connectivity index (χ0) is 23.2. The number of aliphatic carboxylic acids is 1. The van der Waals surface area contributed by atoms with Gasteiger partial charge in [0.2, 0.25) is 5.91 Å². The Hall–Kier alpha value is -3.39. The third-order valence-corrected chi connectivity index (χ3v) is 6.81. The molecule has 2 aromatic carbocycles. The van der Waals surface area contributed by atoms with Gasteiger partial charge in [-0.15, -0.1) is 0 Å². The van der Waals surface area contributed by atoms with Crippen molar-refractivity contribution in [2.24, 2.45) is 5.92 Å². The van der Waals surface area contributed by atoms with Crippen molar-refractivity contribution in [2.75, 3.05) is 19.7 Å². The first-order valence-electron chi connectivity index (χ1n) is 11.2. The van der Waals surface area contributed by atoms with Crippen LogP contribution in [-0.4, -0.2) is 64.4 Å². The number of likely N-dealkylation sites (tertiary alicyclic amines) is 1. The van der Waals surface area contributed by atoms with Gasteiger partial charge in [-0.05, 0) is 34.6 Å². The highest BCUT2D eigenvalue weighted by Crippen LogP contribution is 2.44. The number of nitrogens with zero attached hydrogens (tertiary/aromatic N) is 1. The lowest BCUT2D eigenvalue weighted by Gasteiger charge is -2.44. The number of β-amino-alcohol motifs (C(OH)–C–C–N with tert-alkyl or cyclic N) is 1. The van der Waals surface area contributed by atoms with E-state index in [1.807, 2.05) is 36.4 Å². The van der Waals surface area contributed by atoms with Crippen LogP contribution >= 0.6 is 0 Å². The van der Waals surface area contributed by atoms with E-state index < -0.39 is 23.7 Å². The molecule has 1 saturated heterocycles. The molecule has 3 aliphatic rings. The Kier molecular flexibility index (Phi) is 5.32. The second-order valence-electron chi connectivity index (χ2n) is 9.23. The Morgan fingerprint density at radius 1 is 1.03 bits per heavy atom. The molecule has 2 aromatic rings. The molecule has 33 heavy (non-hydrogen) atoms. The molecule has 1 unspecified atom stereocenters. The summed E-state index contributed by atoms with van der Waals surface area (Å²) in [5.74, 6) is -1.47. The summed E-state index contributed by atoms with van der Waals surface area (Å²) < 4.78 is 5.57. The molecule has 1 heterocycles. The summed E-state index contributed by atoms with van der Waals surface area (Å²) in [5, 5.41) is 21.7. The maximum Gasteiger partial charge on any atom is 0.407 e. The number of nitrogens with one attached hydrogen (secondary N) is 1. The van der Waals surface area contributed by atoms with Crippen LogP contribution in [0.25, 0.3) is 11.1 Å². The summed E-state index contributed by atoms with van der Waals surface area (Å²) >= 11 is 0. The van der Waals surface area contributed by atoms with Crippen LogP contribution in [0.4, 0.5) is 4.79 Å². The van der Waals surface area contributed by atoms with E-state index >= 15 is 0 Å². The summed E-state index contributed by atoms with van der Waals surface area (Å²) in [6.45, 7) is -0.421. The predicted molar refractivity (Wildman–Crippen MR) is 118 cm³/mol. The van der Waals surface area contributed by atoms with Gasteiger partial charge in [0.25, 0.3) is 0 Å². The number of carboxylic acid groups (broad SMARTS) is 1. The minimum absolute atomic E-state index is 0.0818. The molecule has 1 atom stereocenters. The molecule has 0 spiro atoms. The molecule has 1 saturated carbocycles. The average Bonchev–Trinajstić information content (AvgIpc) is 3.55. The summed E-state index contributed by atoms with van der Waals surface area (Å²) in [7, 11) is 0. The number of carbonyl (C=O) groups is 3. The molecule has 0 radical (unpaired) electrons. The van der Waals surface area contributed by atoms with Gasteiger partial charge in [0, 0.05) is 5.92 Å². The molecule has 2 aliphatic carbocycles. The van der Waals surface area contributed by atoms with Gasteiger partial charge in [-0.2, -0.15) is 0 Å². The van der Waals surface area contributed by atoms with E-state index in [-0.39, 0.29) is 31.5 Å². The monoisotopic (exact) mass is 450 g/mol. The van der Waals surface area contributed by atoms with Gasteiger partial charge in [-0.3, -0.25) is 4.79 Å². The molecular weight excluding hydrogens is 424 g/mol. The number of carbonyl (C=O) groups excluding carboxylic acids is 2. The van der Waals surface area contributed by atoms with E-state index in [4.69, 9.17) is 9.84 Å². The molecule has 0 aromatic heterocycles.